The van der Waals surface area contributed by atoms with E-state index in [2.05, 4.69) is 44.8 Å². The van der Waals surface area contributed by atoms with Crippen molar-refractivity contribution >= 4 is 0 Å². The van der Waals surface area contributed by atoms with Crippen LogP contribution in [-0.2, 0) is 0 Å². The summed E-state index contributed by atoms with van der Waals surface area (Å²) in [5, 5.41) is 3.60. The Morgan fingerprint density at radius 2 is 1.72 bits per heavy atom. The van der Waals surface area contributed by atoms with E-state index in [4.69, 9.17) is 0 Å². The largest absolute Gasteiger partial charge is 0.316 e. The molecular weight excluding hydrogens is 220 g/mol. The van der Waals surface area contributed by atoms with Gasteiger partial charge in [0, 0.05) is 25.7 Å². The van der Waals surface area contributed by atoms with Crippen LogP contribution in [0.2, 0.25) is 0 Å². The van der Waals surface area contributed by atoms with Crippen molar-refractivity contribution in [2.45, 2.75) is 66.3 Å². The molecule has 0 radical (unpaired) electrons. The van der Waals surface area contributed by atoms with Gasteiger partial charge in [-0.2, -0.15) is 0 Å². The van der Waals surface area contributed by atoms with E-state index >= 15 is 0 Å². The predicted molar refractivity (Wildman–Crippen MR) is 81.0 cm³/mol. The molecule has 108 valence electrons. The molecule has 0 aliphatic heterocycles. The predicted octanol–water partition coefficient (Wildman–Crippen LogP) is 3.52. The van der Waals surface area contributed by atoms with Crippen LogP contribution < -0.4 is 5.32 Å². The van der Waals surface area contributed by atoms with Crippen molar-refractivity contribution in [3.63, 3.8) is 0 Å². The summed E-state index contributed by atoms with van der Waals surface area (Å²) in [5.41, 5.74) is 0.551. The fourth-order valence-electron chi connectivity index (χ4n) is 3.26. The molecule has 0 atom stereocenters. The van der Waals surface area contributed by atoms with Gasteiger partial charge in [0.1, 0.15) is 0 Å². The summed E-state index contributed by atoms with van der Waals surface area (Å²) in [4.78, 5) is 2.70. The highest BCUT2D eigenvalue weighted by atomic mass is 15.2. The summed E-state index contributed by atoms with van der Waals surface area (Å²) in [7, 11) is 0. The van der Waals surface area contributed by atoms with Gasteiger partial charge in [0.2, 0.25) is 0 Å². The van der Waals surface area contributed by atoms with Gasteiger partial charge in [-0.05, 0) is 44.6 Å². The number of nitrogens with zero attached hydrogens (tertiary/aromatic N) is 1. The molecule has 0 unspecified atom stereocenters. The smallest absolute Gasteiger partial charge is 0.00530 e. The SMILES string of the molecule is CCNCC1(CN(CC(C)C)C(C)C)CCCC1. The van der Waals surface area contributed by atoms with E-state index in [0.717, 1.165) is 12.5 Å². The Kier molecular flexibility index (Phi) is 6.65. The molecule has 2 heteroatoms. The highest BCUT2D eigenvalue weighted by molar-refractivity contribution is 4.90. The van der Waals surface area contributed by atoms with Crippen molar-refractivity contribution in [1.82, 2.24) is 10.2 Å². The van der Waals surface area contributed by atoms with Gasteiger partial charge >= 0.3 is 0 Å². The van der Waals surface area contributed by atoms with Crippen LogP contribution in [0.3, 0.4) is 0 Å². The van der Waals surface area contributed by atoms with Crippen LogP contribution >= 0.6 is 0 Å². The fraction of sp³-hybridized carbons (Fsp3) is 1.00. The van der Waals surface area contributed by atoms with Crippen LogP contribution in [0.4, 0.5) is 0 Å². The first kappa shape index (κ1) is 16.0. The van der Waals surface area contributed by atoms with Crippen LogP contribution in [0, 0.1) is 11.3 Å². The summed E-state index contributed by atoms with van der Waals surface area (Å²) in [6.07, 6.45) is 5.70. The zero-order valence-corrected chi connectivity index (χ0v) is 13.3. The quantitative estimate of drug-likeness (QED) is 0.713. The van der Waals surface area contributed by atoms with Crippen molar-refractivity contribution in [2.24, 2.45) is 11.3 Å². The molecule has 0 spiro atoms. The molecule has 0 bridgehead atoms. The number of nitrogens with one attached hydrogen (secondary N) is 1. The first-order chi connectivity index (χ1) is 8.49. The standard InChI is InChI=1S/C16H34N2/c1-6-17-12-16(9-7-8-10-16)13-18(15(4)5)11-14(2)3/h14-15,17H,6-13H2,1-5H3. The summed E-state index contributed by atoms with van der Waals surface area (Å²) in [6, 6.07) is 0.673. The molecular formula is C16H34N2. The fourth-order valence-corrected chi connectivity index (χ4v) is 3.26. The van der Waals surface area contributed by atoms with Crippen molar-refractivity contribution in [3.8, 4) is 0 Å². The summed E-state index contributed by atoms with van der Waals surface area (Å²) in [5.74, 6) is 0.769. The maximum atomic E-state index is 3.60. The van der Waals surface area contributed by atoms with E-state index in [1.54, 1.807) is 0 Å². The normalized spacial score (nSPS) is 19.3. The maximum absolute atomic E-state index is 3.60. The van der Waals surface area contributed by atoms with Gasteiger partial charge in [-0.15, -0.1) is 0 Å². The molecule has 1 rings (SSSR count). The Balaban J connectivity index is 2.61. The van der Waals surface area contributed by atoms with E-state index in [0.29, 0.717) is 11.5 Å². The van der Waals surface area contributed by atoms with Crippen LogP contribution in [0.25, 0.3) is 0 Å². The number of hydrogen-bond donors (Lipinski definition) is 1. The highest BCUT2D eigenvalue weighted by Crippen LogP contribution is 2.38. The Morgan fingerprint density at radius 3 is 2.17 bits per heavy atom. The third-order valence-electron chi connectivity index (χ3n) is 4.28. The van der Waals surface area contributed by atoms with Crippen molar-refractivity contribution < 1.29 is 0 Å². The zero-order chi connectivity index (χ0) is 13.6. The van der Waals surface area contributed by atoms with E-state index in [9.17, 15) is 0 Å². The minimum Gasteiger partial charge on any atom is -0.316 e. The minimum absolute atomic E-state index is 0.551. The van der Waals surface area contributed by atoms with Crippen molar-refractivity contribution in [2.75, 3.05) is 26.2 Å². The Morgan fingerprint density at radius 1 is 1.11 bits per heavy atom. The summed E-state index contributed by atoms with van der Waals surface area (Å²) in [6.45, 7) is 16.4. The van der Waals surface area contributed by atoms with Gasteiger partial charge < -0.3 is 10.2 Å². The summed E-state index contributed by atoms with van der Waals surface area (Å²) < 4.78 is 0. The number of rotatable bonds is 8. The van der Waals surface area contributed by atoms with Gasteiger partial charge in [0.25, 0.3) is 0 Å². The lowest BCUT2D eigenvalue weighted by molar-refractivity contribution is 0.110. The Labute approximate surface area is 115 Å². The second kappa shape index (κ2) is 7.49. The third-order valence-corrected chi connectivity index (χ3v) is 4.28. The van der Waals surface area contributed by atoms with Crippen LogP contribution in [0.1, 0.15) is 60.3 Å². The lowest BCUT2D eigenvalue weighted by Crippen LogP contribution is -2.46. The molecule has 0 amide bonds. The molecule has 1 N–H and O–H groups in total. The molecule has 0 saturated heterocycles. The average Bonchev–Trinajstić information content (AvgIpc) is 2.74. The second-order valence-corrected chi connectivity index (χ2v) is 6.90. The van der Waals surface area contributed by atoms with Crippen LogP contribution in [0.15, 0.2) is 0 Å². The van der Waals surface area contributed by atoms with E-state index in [1.165, 1.54) is 45.3 Å². The molecule has 0 aromatic carbocycles. The molecule has 0 aromatic heterocycles. The first-order valence-corrected chi connectivity index (χ1v) is 7.94. The molecule has 2 nitrogen and oxygen atoms in total. The molecule has 1 aliphatic carbocycles. The molecule has 1 saturated carbocycles. The van der Waals surface area contributed by atoms with Crippen molar-refractivity contribution in [3.05, 3.63) is 0 Å². The third kappa shape index (κ3) is 4.89. The lowest BCUT2D eigenvalue weighted by atomic mass is 9.84. The van der Waals surface area contributed by atoms with E-state index < -0.39 is 0 Å². The molecule has 0 aromatic rings. The second-order valence-electron chi connectivity index (χ2n) is 6.90. The monoisotopic (exact) mass is 254 g/mol. The average molecular weight is 254 g/mol. The van der Waals surface area contributed by atoms with Gasteiger partial charge in [0.15, 0.2) is 0 Å². The lowest BCUT2D eigenvalue weighted by Gasteiger charge is -2.38. The van der Waals surface area contributed by atoms with Crippen LogP contribution in [-0.4, -0.2) is 37.1 Å². The van der Waals surface area contributed by atoms with Crippen LogP contribution in [0.5, 0.6) is 0 Å². The van der Waals surface area contributed by atoms with E-state index in [1.807, 2.05) is 0 Å². The molecule has 1 aliphatic rings. The molecule has 1 fully saturated rings. The van der Waals surface area contributed by atoms with E-state index in [-0.39, 0.29) is 0 Å². The van der Waals surface area contributed by atoms with Gasteiger partial charge in [0.05, 0.1) is 0 Å². The van der Waals surface area contributed by atoms with Crippen molar-refractivity contribution in [1.29, 1.82) is 0 Å². The first-order valence-electron chi connectivity index (χ1n) is 7.94. The van der Waals surface area contributed by atoms with Gasteiger partial charge in [-0.3, -0.25) is 0 Å². The zero-order valence-electron chi connectivity index (χ0n) is 13.3. The van der Waals surface area contributed by atoms with Gasteiger partial charge in [-0.1, -0.05) is 33.6 Å². The molecule has 18 heavy (non-hydrogen) atoms. The highest BCUT2D eigenvalue weighted by Gasteiger charge is 2.35. The number of hydrogen-bond acceptors (Lipinski definition) is 2. The molecule has 0 heterocycles. The topological polar surface area (TPSA) is 15.3 Å². The minimum atomic E-state index is 0.551. The maximum Gasteiger partial charge on any atom is 0.00530 e. The van der Waals surface area contributed by atoms with Gasteiger partial charge in [-0.25, -0.2) is 0 Å². The Bertz CT molecular complexity index is 217. The summed E-state index contributed by atoms with van der Waals surface area (Å²) >= 11 is 0. The Hall–Kier alpha value is -0.0800.